The maximum absolute atomic E-state index is 13.0. The highest BCUT2D eigenvalue weighted by molar-refractivity contribution is 5.91. The lowest BCUT2D eigenvalue weighted by atomic mass is 9.96. The molecule has 4 heterocycles. The fourth-order valence-electron chi connectivity index (χ4n) is 4.58. The highest BCUT2D eigenvalue weighted by atomic mass is 16.4. The van der Waals surface area contributed by atoms with Crippen LogP contribution in [0.4, 0.5) is 0 Å². The first kappa shape index (κ1) is 19.1. The first-order valence-corrected chi connectivity index (χ1v) is 10.8. The van der Waals surface area contributed by atoms with E-state index in [-0.39, 0.29) is 17.4 Å². The fraction of sp³-hybridized carbons (Fsp3) is 0.435. The van der Waals surface area contributed by atoms with Crippen LogP contribution in [0.1, 0.15) is 53.7 Å². The van der Waals surface area contributed by atoms with Crippen LogP contribution in [0, 0.1) is 0 Å². The quantitative estimate of drug-likeness (QED) is 0.720. The van der Waals surface area contributed by atoms with Gasteiger partial charge in [0.2, 0.25) is 0 Å². The van der Waals surface area contributed by atoms with E-state index >= 15 is 0 Å². The number of piperidine rings is 1. The summed E-state index contributed by atoms with van der Waals surface area (Å²) in [5.74, 6) is 1.82. The second-order valence-corrected chi connectivity index (χ2v) is 8.31. The number of carbonyl (C=O) groups excluding carboxylic acids is 1. The number of para-hydroxylation sites is 1. The molecule has 0 saturated carbocycles. The Hall–Kier alpha value is -2.93. The lowest BCUT2D eigenvalue weighted by molar-refractivity contribution is 0.0669. The van der Waals surface area contributed by atoms with Crippen molar-refractivity contribution >= 4 is 16.8 Å². The van der Waals surface area contributed by atoms with Crippen molar-refractivity contribution in [2.75, 3.05) is 26.2 Å². The Labute approximate surface area is 174 Å². The number of likely N-dealkylation sites (tertiary alicyclic amines) is 2. The summed E-state index contributed by atoms with van der Waals surface area (Å²) in [6.45, 7) is 4.17. The molecule has 0 spiro atoms. The molecule has 2 aliphatic rings. The Balaban J connectivity index is 1.31. The maximum atomic E-state index is 13.0. The molecular formula is C23H26N4O3. The molecule has 1 N–H and O–H groups in total. The summed E-state index contributed by atoms with van der Waals surface area (Å²) in [4.78, 5) is 37.2. The van der Waals surface area contributed by atoms with Gasteiger partial charge in [-0.1, -0.05) is 12.1 Å². The molecule has 7 heteroatoms. The second kappa shape index (κ2) is 8.07. The van der Waals surface area contributed by atoms with Crippen LogP contribution in [-0.4, -0.2) is 51.9 Å². The van der Waals surface area contributed by atoms with Gasteiger partial charge in [-0.3, -0.25) is 14.5 Å². The van der Waals surface area contributed by atoms with Crippen LogP contribution >= 0.6 is 0 Å². The number of aromatic amines is 1. The van der Waals surface area contributed by atoms with Crippen molar-refractivity contribution in [3.8, 4) is 0 Å². The molecular weight excluding hydrogens is 380 g/mol. The Morgan fingerprint density at radius 1 is 1.10 bits per heavy atom. The minimum absolute atomic E-state index is 0.0130. The summed E-state index contributed by atoms with van der Waals surface area (Å²) in [6, 6.07) is 11.0. The summed E-state index contributed by atoms with van der Waals surface area (Å²) in [7, 11) is 0. The van der Waals surface area contributed by atoms with Gasteiger partial charge in [-0.2, -0.15) is 0 Å². The smallest absolute Gasteiger partial charge is 0.289 e. The van der Waals surface area contributed by atoms with Gasteiger partial charge in [0.25, 0.3) is 11.5 Å². The van der Waals surface area contributed by atoms with E-state index in [1.54, 1.807) is 12.1 Å². The normalized spacial score (nSPS) is 20.1. The SMILES string of the molecule is O=C(c1ccc(CN2CCCC2)o1)N1CCCC(c2nc3ccccc3c(=O)[nH]2)C1. The van der Waals surface area contributed by atoms with Crippen LogP contribution in [-0.2, 0) is 6.54 Å². The molecule has 7 nitrogen and oxygen atoms in total. The number of aromatic nitrogens is 2. The van der Waals surface area contributed by atoms with E-state index in [1.807, 2.05) is 29.2 Å². The summed E-state index contributed by atoms with van der Waals surface area (Å²) in [6.07, 6.45) is 4.22. The van der Waals surface area contributed by atoms with Crippen molar-refractivity contribution in [3.63, 3.8) is 0 Å². The number of nitrogens with zero attached hydrogens (tertiary/aromatic N) is 3. The largest absolute Gasteiger partial charge is 0.455 e. The highest BCUT2D eigenvalue weighted by Crippen LogP contribution is 2.26. The molecule has 2 fully saturated rings. The van der Waals surface area contributed by atoms with Gasteiger partial charge < -0.3 is 14.3 Å². The Bertz CT molecular complexity index is 1110. The van der Waals surface area contributed by atoms with Crippen molar-refractivity contribution in [3.05, 3.63) is 64.1 Å². The third-order valence-corrected chi connectivity index (χ3v) is 6.18. The van der Waals surface area contributed by atoms with E-state index in [1.165, 1.54) is 12.8 Å². The third-order valence-electron chi connectivity index (χ3n) is 6.18. The number of rotatable bonds is 4. The first-order chi connectivity index (χ1) is 14.7. The molecule has 156 valence electrons. The zero-order valence-corrected chi connectivity index (χ0v) is 17.0. The Morgan fingerprint density at radius 2 is 1.93 bits per heavy atom. The minimum atomic E-state index is -0.128. The number of carbonyl (C=O) groups is 1. The van der Waals surface area contributed by atoms with Crippen LogP contribution in [0.5, 0.6) is 0 Å². The molecule has 5 rings (SSSR count). The van der Waals surface area contributed by atoms with Crippen molar-refractivity contribution in [2.45, 2.75) is 38.1 Å². The number of hydrogen-bond acceptors (Lipinski definition) is 5. The second-order valence-electron chi connectivity index (χ2n) is 8.31. The molecule has 1 amide bonds. The predicted octanol–water partition coefficient (Wildman–Crippen LogP) is 3.13. The van der Waals surface area contributed by atoms with E-state index in [0.29, 0.717) is 35.6 Å². The van der Waals surface area contributed by atoms with Gasteiger partial charge in [0.1, 0.15) is 11.6 Å². The molecule has 2 aromatic heterocycles. The zero-order valence-electron chi connectivity index (χ0n) is 17.0. The monoisotopic (exact) mass is 406 g/mol. The van der Waals surface area contributed by atoms with Gasteiger partial charge in [-0.15, -0.1) is 0 Å². The predicted molar refractivity (Wildman–Crippen MR) is 113 cm³/mol. The number of furan rings is 1. The van der Waals surface area contributed by atoms with Gasteiger partial charge in [0.15, 0.2) is 5.76 Å². The average molecular weight is 406 g/mol. The summed E-state index contributed by atoms with van der Waals surface area (Å²) in [5.41, 5.74) is 0.564. The van der Waals surface area contributed by atoms with Crippen LogP contribution < -0.4 is 5.56 Å². The molecule has 2 saturated heterocycles. The molecule has 30 heavy (non-hydrogen) atoms. The molecule has 2 aliphatic heterocycles. The van der Waals surface area contributed by atoms with Gasteiger partial charge in [0, 0.05) is 19.0 Å². The molecule has 0 bridgehead atoms. The number of hydrogen-bond donors (Lipinski definition) is 1. The van der Waals surface area contributed by atoms with E-state index in [4.69, 9.17) is 4.42 Å². The van der Waals surface area contributed by atoms with Crippen LogP contribution in [0.2, 0.25) is 0 Å². The lowest BCUT2D eigenvalue weighted by Gasteiger charge is -2.31. The minimum Gasteiger partial charge on any atom is -0.455 e. The molecule has 0 aliphatic carbocycles. The van der Waals surface area contributed by atoms with E-state index in [0.717, 1.165) is 38.2 Å². The van der Waals surface area contributed by atoms with Crippen LogP contribution in [0.3, 0.4) is 0 Å². The van der Waals surface area contributed by atoms with Gasteiger partial charge in [-0.25, -0.2) is 4.98 Å². The standard InChI is InChI=1S/C23H26N4O3/c28-22-18-7-1-2-8-19(18)24-21(25-22)16-6-5-13-27(14-16)23(29)20-10-9-17(30-20)15-26-11-3-4-12-26/h1-2,7-10,16H,3-6,11-15H2,(H,24,25,28). The highest BCUT2D eigenvalue weighted by Gasteiger charge is 2.29. The number of nitrogens with one attached hydrogen (secondary N) is 1. The molecule has 1 unspecified atom stereocenters. The van der Waals surface area contributed by atoms with Crippen LogP contribution in [0.15, 0.2) is 45.6 Å². The van der Waals surface area contributed by atoms with Crippen LogP contribution in [0.25, 0.3) is 10.9 Å². The molecule has 1 aromatic carbocycles. The first-order valence-electron chi connectivity index (χ1n) is 10.8. The lowest BCUT2D eigenvalue weighted by Crippen LogP contribution is -2.39. The maximum Gasteiger partial charge on any atom is 0.289 e. The van der Waals surface area contributed by atoms with Crippen molar-refractivity contribution < 1.29 is 9.21 Å². The van der Waals surface area contributed by atoms with Crippen molar-refractivity contribution in [2.24, 2.45) is 0 Å². The topological polar surface area (TPSA) is 82.4 Å². The fourth-order valence-corrected chi connectivity index (χ4v) is 4.58. The van der Waals surface area contributed by atoms with Gasteiger partial charge >= 0.3 is 0 Å². The average Bonchev–Trinajstić information content (AvgIpc) is 3.46. The summed E-state index contributed by atoms with van der Waals surface area (Å²) < 4.78 is 5.87. The van der Waals surface area contributed by atoms with E-state index in [2.05, 4.69) is 14.9 Å². The van der Waals surface area contributed by atoms with Crippen molar-refractivity contribution in [1.29, 1.82) is 0 Å². The molecule has 3 aromatic rings. The zero-order chi connectivity index (χ0) is 20.5. The van der Waals surface area contributed by atoms with E-state index in [9.17, 15) is 9.59 Å². The summed E-state index contributed by atoms with van der Waals surface area (Å²) in [5, 5.41) is 0.589. The molecule has 1 atom stereocenters. The number of H-pyrrole nitrogens is 1. The number of benzene rings is 1. The Morgan fingerprint density at radius 3 is 2.80 bits per heavy atom. The third kappa shape index (κ3) is 3.77. The van der Waals surface area contributed by atoms with Gasteiger partial charge in [0.05, 0.1) is 17.4 Å². The molecule has 0 radical (unpaired) electrons. The van der Waals surface area contributed by atoms with Gasteiger partial charge in [-0.05, 0) is 63.0 Å². The number of fused-ring (bicyclic) bond motifs is 1. The van der Waals surface area contributed by atoms with E-state index < -0.39 is 0 Å². The summed E-state index contributed by atoms with van der Waals surface area (Å²) >= 11 is 0. The Kier molecular flexibility index (Phi) is 5.12. The number of amides is 1. The van der Waals surface area contributed by atoms with Crippen molar-refractivity contribution in [1.82, 2.24) is 19.8 Å².